The van der Waals surface area contributed by atoms with Crippen LogP contribution in [0.2, 0.25) is 0 Å². The first kappa shape index (κ1) is 23.9. The largest absolute Gasteiger partial charge is 0.492 e. The highest BCUT2D eigenvalue weighted by molar-refractivity contribution is 5.93. The molecule has 1 saturated heterocycles. The van der Waals surface area contributed by atoms with Crippen LogP contribution in [0.5, 0.6) is 5.75 Å². The molecule has 4 rings (SSSR count). The number of nitrogens with one attached hydrogen (secondary N) is 2. The van der Waals surface area contributed by atoms with Crippen LogP contribution in [0.1, 0.15) is 19.4 Å². The van der Waals surface area contributed by atoms with Crippen molar-refractivity contribution in [3.63, 3.8) is 0 Å². The maximum absolute atomic E-state index is 12.9. The van der Waals surface area contributed by atoms with Crippen LogP contribution in [0.25, 0.3) is 10.9 Å². The summed E-state index contributed by atoms with van der Waals surface area (Å²) in [6.45, 7) is 9.61. The number of ether oxygens (including phenoxy) is 1. The number of amides is 1. The topological polar surface area (TPSA) is 82.6 Å². The maximum atomic E-state index is 12.9. The fraction of sp³-hybridized carbons (Fsp3) is 0.423. The van der Waals surface area contributed by atoms with Gasteiger partial charge in [-0.25, -0.2) is 9.97 Å². The van der Waals surface area contributed by atoms with Crippen molar-refractivity contribution in [3.05, 3.63) is 54.4 Å². The molecule has 0 radical (unpaired) electrons. The SMILES string of the molecule is CNCCOc1ccc(C)c(NC(=O)CN2CC(C)N(c3ncnc4ccccc34)C(C)C2)c1. The van der Waals surface area contributed by atoms with Crippen molar-refractivity contribution < 1.29 is 9.53 Å². The average molecular weight is 463 g/mol. The highest BCUT2D eigenvalue weighted by Crippen LogP contribution is 2.29. The highest BCUT2D eigenvalue weighted by atomic mass is 16.5. The lowest BCUT2D eigenvalue weighted by molar-refractivity contribution is -0.117. The summed E-state index contributed by atoms with van der Waals surface area (Å²) in [5.41, 5.74) is 2.75. The predicted octanol–water partition coefficient (Wildman–Crippen LogP) is 3.07. The number of rotatable bonds is 8. The molecule has 0 aliphatic carbocycles. The summed E-state index contributed by atoms with van der Waals surface area (Å²) in [5.74, 6) is 1.69. The van der Waals surface area contributed by atoms with E-state index in [0.717, 1.165) is 53.4 Å². The average Bonchev–Trinajstić information content (AvgIpc) is 2.81. The molecule has 3 aromatic rings. The van der Waals surface area contributed by atoms with Crippen LogP contribution < -0.4 is 20.3 Å². The van der Waals surface area contributed by atoms with Gasteiger partial charge in [-0.3, -0.25) is 9.69 Å². The van der Waals surface area contributed by atoms with Crippen molar-refractivity contribution in [2.45, 2.75) is 32.9 Å². The third-order valence-electron chi connectivity index (χ3n) is 6.23. The molecule has 2 unspecified atom stereocenters. The molecule has 2 N–H and O–H groups in total. The maximum Gasteiger partial charge on any atom is 0.238 e. The molecule has 8 nitrogen and oxygen atoms in total. The van der Waals surface area contributed by atoms with E-state index in [2.05, 4.69) is 50.3 Å². The summed E-state index contributed by atoms with van der Waals surface area (Å²) < 4.78 is 5.75. The van der Waals surface area contributed by atoms with Gasteiger partial charge < -0.3 is 20.3 Å². The first-order valence-electron chi connectivity index (χ1n) is 11.8. The molecular weight excluding hydrogens is 428 g/mol. The van der Waals surface area contributed by atoms with Gasteiger partial charge in [0.1, 0.15) is 24.5 Å². The van der Waals surface area contributed by atoms with E-state index in [4.69, 9.17) is 4.74 Å². The van der Waals surface area contributed by atoms with Gasteiger partial charge in [-0.2, -0.15) is 0 Å². The van der Waals surface area contributed by atoms with Gasteiger partial charge in [-0.05, 0) is 51.6 Å². The van der Waals surface area contributed by atoms with Crippen molar-refractivity contribution in [1.82, 2.24) is 20.2 Å². The van der Waals surface area contributed by atoms with E-state index in [9.17, 15) is 4.79 Å². The number of hydrogen-bond acceptors (Lipinski definition) is 7. The monoisotopic (exact) mass is 462 g/mol. The Morgan fingerprint density at radius 2 is 1.88 bits per heavy atom. The van der Waals surface area contributed by atoms with Gasteiger partial charge in [0.15, 0.2) is 0 Å². The van der Waals surface area contributed by atoms with Crippen molar-refractivity contribution in [2.75, 3.05) is 50.1 Å². The molecule has 0 spiro atoms. The number of hydrogen-bond donors (Lipinski definition) is 2. The van der Waals surface area contributed by atoms with Crippen molar-refractivity contribution in [2.24, 2.45) is 0 Å². The second kappa shape index (κ2) is 10.8. The lowest BCUT2D eigenvalue weighted by Gasteiger charge is -2.45. The van der Waals surface area contributed by atoms with Crippen LogP contribution in [0.4, 0.5) is 11.5 Å². The highest BCUT2D eigenvalue weighted by Gasteiger charge is 2.32. The number of para-hydroxylation sites is 1. The molecule has 0 bridgehead atoms. The molecule has 1 aliphatic heterocycles. The number of aromatic nitrogens is 2. The lowest BCUT2D eigenvalue weighted by Crippen LogP contribution is -2.58. The molecule has 2 aromatic carbocycles. The molecular formula is C26H34N6O2. The molecule has 2 heterocycles. The molecule has 0 saturated carbocycles. The summed E-state index contributed by atoms with van der Waals surface area (Å²) in [4.78, 5) is 26.5. The quantitative estimate of drug-likeness (QED) is 0.498. The minimum absolute atomic E-state index is 0.0178. The van der Waals surface area contributed by atoms with Crippen molar-refractivity contribution in [3.8, 4) is 5.75 Å². The van der Waals surface area contributed by atoms with Gasteiger partial charge in [0, 0.05) is 48.9 Å². The van der Waals surface area contributed by atoms with Crippen molar-refractivity contribution in [1.29, 1.82) is 0 Å². The van der Waals surface area contributed by atoms with Crippen LogP contribution in [-0.2, 0) is 4.79 Å². The first-order valence-corrected chi connectivity index (χ1v) is 11.8. The van der Waals surface area contributed by atoms with Gasteiger partial charge in [0.05, 0.1) is 12.1 Å². The zero-order valence-corrected chi connectivity index (χ0v) is 20.4. The number of carbonyl (C=O) groups excluding carboxylic acids is 1. The number of likely N-dealkylation sites (N-methyl/N-ethyl adjacent to an activating group) is 1. The Morgan fingerprint density at radius 3 is 2.65 bits per heavy atom. The number of nitrogens with zero attached hydrogens (tertiary/aromatic N) is 4. The van der Waals surface area contributed by atoms with Gasteiger partial charge in [0.25, 0.3) is 0 Å². The third kappa shape index (κ3) is 5.46. The normalized spacial score (nSPS) is 18.8. The molecule has 1 aliphatic rings. The van der Waals surface area contributed by atoms with Gasteiger partial charge >= 0.3 is 0 Å². The molecule has 180 valence electrons. The van der Waals surface area contributed by atoms with Crippen LogP contribution in [0.3, 0.4) is 0 Å². The van der Waals surface area contributed by atoms with Gasteiger partial charge in [-0.1, -0.05) is 18.2 Å². The van der Waals surface area contributed by atoms with Crippen LogP contribution in [0, 0.1) is 6.92 Å². The Morgan fingerprint density at radius 1 is 1.12 bits per heavy atom. The number of anilines is 2. The van der Waals surface area contributed by atoms with E-state index in [-0.39, 0.29) is 18.0 Å². The number of carbonyl (C=O) groups is 1. The Kier molecular flexibility index (Phi) is 7.59. The minimum atomic E-state index is -0.0178. The molecule has 8 heteroatoms. The Hall–Kier alpha value is -3.23. The fourth-order valence-corrected chi connectivity index (χ4v) is 4.66. The van der Waals surface area contributed by atoms with E-state index >= 15 is 0 Å². The molecule has 2 atom stereocenters. The summed E-state index contributed by atoms with van der Waals surface area (Å²) in [7, 11) is 1.89. The van der Waals surface area contributed by atoms with E-state index in [1.807, 2.05) is 50.4 Å². The Bertz CT molecular complexity index is 1120. The summed E-state index contributed by atoms with van der Waals surface area (Å²) in [5, 5.41) is 7.19. The Balaban J connectivity index is 1.40. The lowest BCUT2D eigenvalue weighted by atomic mass is 10.1. The molecule has 1 aromatic heterocycles. The van der Waals surface area contributed by atoms with E-state index in [1.54, 1.807) is 6.33 Å². The standard InChI is InChI=1S/C26H34N6O2/c1-18-9-10-21(34-12-11-27-4)13-24(18)30-25(33)16-31-14-19(2)32(20(3)15-31)26-22-7-5-6-8-23(22)28-17-29-26/h5-10,13,17,19-20,27H,11-12,14-16H2,1-4H3,(H,30,33). The number of benzene rings is 2. The zero-order valence-electron chi connectivity index (χ0n) is 20.4. The molecule has 1 fully saturated rings. The minimum Gasteiger partial charge on any atom is -0.492 e. The Labute approximate surface area is 201 Å². The van der Waals surface area contributed by atoms with Gasteiger partial charge in [0.2, 0.25) is 5.91 Å². The number of fused-ring (bicyclic) bond motifs is 1. The third-order valence-corrected chi connectivity index (χ3v) is 6.23. The fourth-order valence-electron chi connectivity index (χ4n) is 4.66. The number of piperazine rings is 1. The second-order valence-electron chi connectivity index (χ2n) is 8.99. The van der Waals surface area contributed by atoms with Crippen molar-refractivity contribution >= 4 is 28.3 Å². The number of aryl methyl sites for hydroxylation is 1. The van der Waals surface area contributed by atoms with Gasteiger partial charge in [-0.15, -0.1) is 0 Å². The summed E-state index contributed by atoms with van der Waals surface area (Å²) in [6.07, 6.45) is 1.63. The molecule has 34 heavy (non-hydrogen) atoms. The first-order chi connectivity index (χ1) is 16.5. The smallest absolute Gasteiger partial charge is 0.238 e. The van der Waals surface area contributed by atoms with Crippen LogP contribution in [0.15, 0.2) is 48.8 Å². The second-order valence-corrected chi connectivity index (χ2v) is 8.99. The molecule has 1 amide bonds. The van der Waals surface area contributed by atoms with E-state index < -0.39 is 0 Å². The van der Waals surface area contributed by atoms with E-state index in [1.165, 1.54) is 0 Å². The zero-order chi connectivity index (χ0) is 24.1. The van der Waals surface area contributed by atoms with Crippen LogP contribution >= 0.6 is 0 Å². The summed E-state index contributed by atoms with van der Waals surface area (Å²) >= 11 is 0. The summed E-state index contributed by atoms with van der Waals surface area (Å²) in [6, 6.07) is 14.3. The predicted molar refractivity (Wildman–Crippen MR) is 137 cm³/mol. The van der Waals surface area contributed by atoms with E-state index in [0.29, 0.717) is 13.2 Å². The van der Waals surface area contributed by atoms with Crippen LogP contribution in [-0.4, -0.2) is 72.7 Å².